The molecule has 152 valence electrons. The Balaban J connectivity index is 1.90. The van der Waals surface area contributed by atoms with Gasteiger partial charge in [-0.25, -0.2) is 0 Å². The third-order valence-electron chi connectivity index (χ3n) is 6.59. The molecule has 1 saturated heterocycles. The van der Waals surface area contributed by atoms with Crippen LogP contribution in [0.4, 0.5) is 0 Å². The molecule has 0 spiro atoms. The Labute approximate surface area is 171 Å². The summed E-state index contributed by atoms with van der Waals surface area (Å²) in [6.45, 7) is 9.77. The van der Waals surface area contributed by atoms with E-state index < -0.39 is 5.60 Å². The average Bonchev–Trinajstić information content (AvgIpc) is 2.69. The molecule has 3 heteroatoms. The number of aliphatic hydroxyl groups is 1. The lowest BCUT2D eigenvalue weighted by Gasteiger charge is -2.45. The monoisotopic (exact) mass is 381 g/mol. The molecule has 1 N–H and O–H groups in total. The highest BCUT2D eigenvalue weighted by Gasteiger charge is 2.42. The van der Waals surface area contributed by atoms with Gasteiger partial charge < -0.3 is 9.59 Å². The zero-order valence-corrected chi connectivity index (χ0v) is 18.0. The van der Waals surface area contributed by atoms with Crippen molar-refractivity contribution in [1.29, 1.82) is 0 Å². The second kappa shape index (κ2) is 8.77. The number of rotatable bonds is 7. The first kappa shape index (κ1) is 21.0. The summed E-state index contributed by atoms with van der Waals surface area (Å²) >= 11 is 0. The summed E-state index contributed by atoms with van der Waals surface area (Å²) < 4.78 is 1.09. The van der Waals surface area contributed by atoms with Crippen molar-refractivity contribution in [1.82, 2.24) is 4.90 Å². The van der Waals surface area contributed by atoms with Gasteiger partial charge in [-0.1, -0.05) is 74.5 Å². The molecule has 0 saturated carbocycles. The predicted octanol–water partition coefficient (Wildman–Crippen LogP) is 3.78. The molecule has 3 nitrogen and oxygen atoms in total. The summed E-state index contributed by atoms with van der Waals surface area (Å²) in [5.41, 5.74) is 1.49. The third-order valence-corrected chi connectivity index (χ3v) is 6.59. The Bertz CT molecular complexity index is 719. The summed E-state index contributed by atoms with van der Waals surface area (Å²) in [5, 5.41) is 12.1. The maximum absolute atomic E-state index is 12.1. The molecule has 1 aliphatic heterocycles. The molecule has 2 aromatic carbocycles. The van der Waals surface area contributed by atoms with Gasteiger partial charge in [0.1, 0.15) is 0 Å². The van der Waals surface area contributed by atoms with Crippen LogP contribution in [0.3, 0.4) is 0 Å². The topological polar surface area (TPSA) is 23.5 Å². The average molecular weight is 382 g/mol. The van der Waals surface area contributed by atoms with Gasteiger partial charge in [-0.2, -0.15) is 0 Å². The van der Waals surface area contributed by atoms with Crippen molar-refractivity contribution in [2.24, 2.45) is 11.8 Å². The fourth-order valence-electron chi connectivity index (χ4n) is 4.55. The highest BCUT2D eigenvalue weighted by atomic mass is 16.3. The maximum Gasteiger partial charge on any atom is 0.0962 e. The van der Waals surface area contributed by atoms with Gasteiger partial charge in [0.2, 0.25) is 0 Å². The molecule has 1 heterocycles. The van der Waals surface area contributed by atoms with Gasteiger partial charge in [0, 0.05) is 25.6 Å². The Morgan fingerprint density at radius 1 is 0.929 bits per heavy atom. The van der Waals surface area contributed by atoms with Gasteiger partial charge in [-0.15, -0.1) is 0 Å². The van der Waals surface area contributed by atoms with E-state index in [4.69, 9.17) is 0 Å². The van der Waals surface area contributed by atoms with E-state index in [1.807, 2.05) is 18.2 Å². The molecule has 28 heavy (non-hydrogen) atoms. The molecule has 2 aromatic rings. The fraction of sp³-hybridized carbons (Fsp3) is 0.520. The van der Waals surface area contributed by atoms with Gasteiger partial charge in [-0.05, 0) is 23.5 Å². The molecule has 1 aliphatic rings. The standard InChI is InChI=1S/C25H37N2O/c1-21(2)25(28,23-13-9-6-10-14-23)24(19-22-11-7-5-8-12-22)20-26-15-17-27(3,4)18-16-26/h5-14,21,24,28H,15-20H2,1-4H3/q+1. The van der Waals surface area contributed by atoms with Crippen molar-refractivity contribution < 1.29 is 9.59 Å². The van der Waals surface area contributed by atoms with Crippen LogP contribution in [0.1, 0.15) is 25.0 Å². The van der Waals surface area contributed by atoms with E-state index in [0.29, 0.717) is 0 Å². The molecule has 0 amide bonds. The van der Waals surface area contributed by atoms with Gasteiger partial charge >= 0.3 is 0 Å². The third kappa shape index (κ3) is 4.83. The largest absolute Gasteiger partial charge is 0.385 e. The molecule has 3 rings (SSSR count). The lowest BCUT2D eigenvalue weighted by molar-refractivity contribution is -0.894. The van der Waals surface area contributed by atoms with Crippen LogP contribution < -0.4 is 0 Å². The second-order valence-electron chi connectivity index (χ2n) is 9.42. The van der Waals surface area contributed by atoms with Crippen molar-refractivity contribution >= 4 is 0 Å². The number of piperazine rings is 1. The molecule has 2 unspecified atom stereocenters. The van der Waals surface area contributed by atoms with Crippen LogP contribution in [0.15, 0.2) is 60.7 Å². The van der Waals surface area contributed by atoms with Crippen LogP contribution in [-0.2, 0) is 12.0 Å². The van der Waals surface area contributed by atoms with Crippen LogP contribution >= 0.6 is 0 Å². The zero-order chi connectivity index (χ0) is 20.2. The minimum absolute atomic E-state index is 0.139. The van der Waals surface area contributed by atoms with E-state index in [-0.39, 0.29) is 11.8 Å². The summed E-state index contributed by atoms with van der Waals surface area (Å²) in [4.78, 5) is 2.56. The van der Waals surface area contributed by atoms with Crippen LogP contribution in [0, 0.1) is 11.8 Å². The molecule has 0 aromatic heterocycles. The minimum Gasteiger partial charge on any atom is -0.385 e. The number of hydrogen-bond acceptors (Lipinski definition) is 2. The van der Waals surface area contributed by atoms with Crippen molar-refractivity contribution in [2.75, 3.05) is 46.8 Å². The van der Waals surface area contributed by atoms with Crippen LogP contribution in [0.25, 0.3) is 0 Å². The normalized spacial score (nSPS) is 20.6. The lowest BCUT2D eigenvalue weighted by Crippen LogP contribution is -2.57. The highest BCUT2D eigenvalue weighted by Crippen LogP contribution is 2.39. The Morgan fingerprint density at radius 3 is 2.00 bits per heavy atom. The number of likely N-dealkylation sites (N-methyl/N-ethyl adjacent to an activating group) is 1. The van der Waals surface area contributed by atoms with Gasteiger partial charge in [0.05, 0.1) is 32.8 Å². The van der Waals surface area contributed by atoms with E-state index >= 15 is 0 Å². The van der Waals surface area contributed by atoms with Crippen molar-refractivity contribution in [3.8, 4) is 0 Å². The van der Waals surface area contributed by atoms with E-state index in [9.17, 15) is 5.11 Å². The number of hydrogen-bond donors (Lipinski definition) is 1. The Kier molecular flexibility index (Phi) is 6.59. The van der Waals surface area contributed by atoms with E-state index in [2.05, 4.69) is 75.3 Å². The Morgan fingerprint density at radius 2 is 1.46 bits per heavy atom. The summed E-state index contributed by atoms with van der Waals surface area (Å²) in [7, 11) is 4.63. The highest BCUT2D eigenvalue weighted by molar-refractivity contribution is 5.26. The van der Waals surface area contributed by atoms with Gasteiger partial charge in [-0.3, -0.25) is 4.90 Å². The van der Waals surface area contributed by atoms with Crippen LogP contribution in [-0.4, -0.2) is 61.3 Å². The summed E-state index contributed by atoms with van der Waals surface area (Å²) in [6.07, 6.45) is 0.888. The zero-order valence-electron chi connectivity index (χ0n) is 18.0. The molecular formula is C25H37N2O+. The first-order valence-corrected chi connectivity index (χ1v) is 10.7. The van der Waals surface area contributed by atoms with Crippen molar-refractivity contribution in [3.05, 3.63) is 71.8 Å². The first-order chi connectivity index (χ1) is 13.3. The molecule has 0 bridgehead atoms. The van der Waals surface area contributed by atoms with Crippen molar-refractivity contribution in [2.45, 2.75) is 25.9 Å². The molecule has 1 fully saturated rings. The number of quaternary nitrogens is 1. The summed E-state index contributed by atoms with van der Waals surface area (Å²) in [5.74, 6) is 0.284. The number of nitrogens with zero attached hydrogens (tertiary/aromatic N) is 2. The van der Waals surface area contributed by atoms with E-state index in [0.717, 1.165) is 36.1 Å². The minimum atomic E-state index is -0.848. The SMILES string of the molecule is CC(C)C(O)(c1ccccc1)C(Cc1ccccc1)CN1CC[N+](C)(C)CC1. The predicted molar refractivity (Wildman–Crippen MR) is 117 cm³/mol. The lowest BCUT2D eigenvalue weighted by atomic mass is 9.71. The quantitative estimate of drug-likeness (QED) is 0.738. The number of benzene rings is 2. The second-order valence-corrected chi connectivity index (χ2v) is 9.42. The Hall–Kier alpha value is -1.68. The van der Waals surface area contributed by atoms with Crippen LogP contribution in [0.5, 0.6) is 0 Å². The van der Waals surface area contributed by atoms with Crippen LogP contribution in [0.2, 0.25) is 0 Å². The van der Waals surface area contributed by atoms with E-state index in [1.165, 1.54) is 18.7 Å². The van der Waals surface area contributed by atoms with Gasteiger partial charge in [0.25, 0.3) is 0 Å². The summed E-state index contributed by atoms with van der Waals surface area (Å²) in [6, 6.07) is 20.9. The maximum atomic E-state index is 12.1. The molecule has 0 aliphatic carbocycles. The molecular weight excluding hydrogens is 344 g/mol. The van der Waals surface area contributed by atoms with Crippen molar-refractivity contribution in [3.63, 3.8) is 0 Å². The smallest absolute Gasteiger partial charge is 0.0962 e. The molecule has 2 atom stereocenters. The first-order valence-electron chi connectivity index (χ1n) is 10.7. The van der Waals surface area contributed by atoms with Gasteiger partial charge in [0.15, 0.2) is 0 Å². The van der Waals surface area contributed by atoms with E-state index in [1.54, 1.807) is 0 Å². The molecule has 0 radical (unpaired) electrons. The fourth-order valence-corrected chi connectivity index (χ4v) is 4.55.